The van der Waals surface area contributed by atoms with Gasteiger partial charge in [-0.25, -0.2) is 0 Å². The summed E-state index contributed by atoms with van der Waals surface area (Å²) >= 11 is 0. The second-order valence-electron chi connectivity index (χ2n) is 7.81. The van der Waals surface area contributed by atoms with Gasteiger partial charge in [0.25, 0.3) is 0 Å². The van der Waals surface area contributed by atoms with Crippen LogP contribution in [-0.2, 0) is 9.59 Å². The van der Waals surface area contributed by atoms with Gasteiger partial charge >= 0.3 is 0 Å². The highest BCUT2D eigenvalue weighted by molar-refractivity contribution is 5.84. The number of amides is 2. The predicted octanol–water partition coefficient (Wildman–Crippen LogP) is 3.87. The second-order valence-corrected chi connectivity index (χ2v) is 7.81. The van der Waals surface area contributed by atoms with Crippen LogP contribution < -0.4 is 5.32 Å². The van der Waals surface area contributed by atoms with E-state index < -0.39 is 0 Å². The number of nitrogens with one attached hydrogen (secondary N) is 1. The first-order valence-electron chi connectivity index (χ1n) is 10.3. The van der Waals surface area contributed by atoms with E-state index in [1.807, 2.05) is 35.2 Å². The Bertz CT molecular complexity index is 587. The maximum Gasteiger partial charge on any atom is 0.230 e. The van der Waals surface area contributed by atoms with Crippen LogP contribution in [0.5, 0.6) is 0 Å². The van der Waals surface area contributed by atoms with Gasteiger partial charge in [0.2, 0.25) is 11.8 Å². The number of rotatable bonds is 5. The topological polar surface area (TPSA) is 49.4 Å². The number of carbonyl (C=O) groups is 2. The van der Waals surface area contributed by atoms with Crippen LogP contribution in [0.15, 0.2) is 30.3 Å². The lowest BCUT2D eigenvalue weighted by Crippen LogP contribution is -2.49. The minimum absolute atomic E-state index is 0.0513. The van der Waals surface area contributed by atoms with Gasteiger partial charge in [0.05, 0.1) is 5.92 Å². The van der Waals surface area contributed by atoms with Gasteiger partial charge in [0, 0.05) is 25.0 Å². The van der Waals surface area contributed by atoms with E-state index in [9.17, 15) is 9.59 Å². The van der Waals surface area contributed by atoms with Crippen LogP contribution in [0.1, 0.15) is 69.8 Å². The van der Waals surface area contributed by atoms with E-state index in [2.05, 4.69) is 12.2 Å². The zero-order chi connectivity index (χ0) is 18.4. The Hall–Kier alpha value is -1.84. The molecule has 1 saturated carbocycles. The Morgan fingerprint density at radius 2 is 1.69 bits per heavy atom. The molecule has 0 unspecified atom stereocenters. The SMILES string of the molecule is CC[C@H](C(=O)N1CCC(NC(=O)C2CCCCC2)CC1)c1ccccc1. The van der Waals surface area contributed by atoms with Crippen LogP contribution >= 0.6 is 0 Å². The number of hydrogen-bond donors (Lipinski definition) is 1. The lowest BCUT2D eigenvalue weighted by atomic mass is 9.88. The Morgan fingerprint density at radius 1 is 1.04 bits per heavy atom. The molecule has 1 atom stereocenters. The monoisotopic (exact) mass is 356 g/mol. The fourth-order valence-corrected chi connectivity index (χ4v) is 4.39. The molecule has 4 nitrogen and oxygen atoms in total. The number of benzene rings is 1. The smallest absolute Gasteiger partial charge is 0.230 e. The maximum absolute atomic E-state index is 12.9. The predicted molar refractivity (Wildman–Crippen MR) is 104 cm³/mol. The van der Waals surface area contributed by atoms with E-state index >= 15 is 0 Å². The Morgan fingerprint density at radius 3 is 2.31 bits per heavy atom. The van der Waals surface area contributed by atoms with Crippen molar-refractivity contribution in [2.75, 3.05) is 13.1 Å². The van der Waals surface area contributed by atoms with Gasteiger partial charge in [-0.2, -0.15) is 0 Å². The molecule has 2 amide bonds. The van der Waals surface area contributed by atoms with E-state index in [1.165, 1.54) is 19.3 Å². The molecule has 0 radical (unpaired) electrons. The number of nitrogens with zero attached hydrogens (tertiary/aromatic N) is 1. The van der Waals surface area contributed by atoms with Crippen molar-refractivity contribution < 1.29 is 9.59 Å². The molecule has 26 heavy (non-hydrogen) atoms. The molecule has 1 aromatic carbocycles. The quantitative estimate of drug-likeness (QED) is 0.871. The Kier molecular flexibility index (Phi) is 6.70. The summed E-state index contributed by atoms with van der Waals surface area (Å²) in [6, 6.07) is 10.3. The first kappa shape index (κ1) is 18.9. The summed E-state index contributed by atoms with van der Waals surface area (Å²) in [5.41, 5.74) is 1.10. The van der Waals surface area contributed by atoms with Crippen molar-refractivity contribution in [2.45, 2.75) is 70.3 Å². The van der Waals surface area contributed by atoms with Gasteiger partial charge in [-0.1, -0.05) is 56.5 Å². The molecule has 0 aromatic heterocycles. The van der Waals surface area contributed by atoms with Gasteiger partial charge < -0.3 is 10.2 Å². The molecule has 1 aromatic rings. The molecule has 2 aliphatic rings. The maximum atomic E-state index is 12.9. The third-order valence-electron chi connectivity index (χ3n) is 6.04. The minimum atomic E-state index is -0.0513. The van der Waals surface area contributed by atoms with Crippen LogP contribution in [0.4, 0.5) is 0 Å². The molecule has 1 aliphatic carbocycles. The van der Waals surface area contributed by atoms with E-state index in [-0.39, 0.29) is 29.7 Å². The highest BCUT2D eigenvalue weighted by Gasteiger charge is 2.30. The van der Waals surface area contributed by atoms with Crippen molar-refractivity contribution in [1.82, 2.24) is 10.2 Å². The molecule has 142 valence electrons. The Labute approximate surface area is 157 Å². The first-order chi connectivity index (χ1) is 12.7. The highest BCUT2D eigenvalue weighted by atomic mass is 16.2. The first-order valence-corrected chi connectivity index (χ1v) is 10.3. The molecule has 0 bridgehead atoms. The molecule has 0 spiro atoms. The summed E-state index contributed by atoms with van der Waals surface area (Å²) in [6.07, 6.45) is 8.28. The molecule has 3 rings (SSSR count). The zero-order valence-electron chi connectivity index (χ0n) is 16.0. The molecule has 4 heteroatoms. The molecule has 2 fully saturated rings. The van der Waals surface area contributed by atoms with Crippen molar-refractivity contribution in [3.05, 3.63) is 35.9 Å². The molecular formula is C22H32N2O2. The lowest BCUT2D eigenvalue weighted by Gasteiger charge is -2.35. The molecular weight excluding hydrogens is 324 g/mol. The van der Waals surface area contributed by atoms with Crippen molar-refractivity contribution in [3.8, 4) is 0 Å². The molecule has 1 N–H and O–H groups in total. The van der Waals surface area contributed by atoms with Gasteiger partial charge in [0.15, 0.2) is 0 Å². The van der Waals surface area contributed by atoms with Gasteiger partial charge in [0.1, 0.15) is 0 Å². The fourth-order valence-electron chi connectivity index (χ4n) is 4.39. The third-order valence-corrected chi connectivity index (χ3v) is 6.04. The lowest BCUT2D eigenvalue weighted by molar-refractivity contribution is -0.134. The average Bonchev–Trinajstić information content (AvgIpc) is 2.70. The summed E-state index contributed by atoms with van der Waals surface area (Å²) in [5.74, 6) is 0.636. The largest absolute Gasteiger partial charge is 0.353 e. The second kappa shape index (κ2) is 9.20. The summed E-state index contributed by atoms with van der Waals surface area (Å²) < 4.78 is 0. The molecule has 1 saturated heterocycles. The van der Waals surface area contributed by atoms with Crippen LogP contribution in [-0.4, -0.2) is 35.8 Å². The van der Waals surface area contributed by atoms with Gasteiger partial charge in [-0.3, -0.25) is 9.59 Å². The van der Waals surface area contributed by atoms with E-state index in [4.69, 9.17) is 0 Å². The summed E-state index contributed by atoms with van der Waals surface area (Å²) in [5, 5.41) is 3.25. The number of carbonyl (C=O) groups excluding carboxylic acids is 2. The highest BCUT2D eigenvalue weighted by Crippen LogP contribution is 2.26. The summed E-state index contributed by atoms with van der Waals surface area (Å²) in [4.78, 5) is 27.4. The normalized spacial score (nSPS) is 20.6. The third kappa shape index (κ3) is 4.66. The number of likely N-dealkylation sites (tertiary alicyclic amines) is 1. The van der Waals surface area contributed by atoms with Crippen molar-refractivity contribution in [1.29, 1.82) is 0 Å². The summed E-state index contributed by atoms with van der Waals surface area (Å²) in [7, 11) is 0. The van der Waals surface area contributed by atoms with Gasteiger partial charge in [-0.05, 0) is 37.7 Å². The van der Waals surface area contributed by atoms with Crippen LogP contribution in [0.25, 0.3) is 0 Å². The number of hydrogen-bond acceptors (Lipinski definition) is 2. The standard InChI is InChI=1S/C22H32N2O2/c1-2-20(17-9-5-3-6-10-17)22(26)24-15-13-19(14-16-24)23-21(25)18-11-7-4-8-12-18/h3,5-6,9-10,18-20H,2,4,7-8,11-16H2,1H3,(H,23,25)/t20-/m0/s1. The van der Waals surface area contributed by atoms with Gasteiger partial charge in [-0.15, -0.1) is 0 Å². The van der Waals surface area contributed by atoms with Crippen LogP contribution in [0.2, 0.25) is 0 Å². The van der Waals surface area contributed by atoms with Crippen molar-refractivity contribution in [3.63, 3.8) is 0 Å². The van der Waals surface area contributed by atoms with E-state index in [1.54, 1.807) is 0 Å². The summed E-state index contributed by atoms with van der Waals surface area (Å²) in [6.45, 7) is 3.57. The molecule has 1 aliphatic heterocycles. The van der Waals surface area contributed by atoms with E-state index in [0.29, 0.717) is 0 Å². The zero-order valence-corrected chi connectivity index (χ0v) is 16.0. The van der Waals surface area contributed by atoms with Crippen LogP contribution in [0, 0.1) is 5.92 Å². The van der Waals surface area contributed by atoms with Crippen molar-refractivity contribution in [2.24, 2.45) is 5.92 Å². The number of piperidine rings is 1. The average molecular weight is 357 g/mol. The fraction of sp³-hybridized carbons (Fsp3) is 0.636. The van der Waals surface area contributed by atoms with E-state index in [0.717, 1.165) is 50.8 Å². The van der Waals surface area contributed by atoms with Crippen molar-refractivity contribution >= 4 is 11.8 Å². The van der Waals surface area contributed by atoms with Crippen LogP contribution in [0.3, 0.4) is 0 Å². The minimum Gasteiger partial charge on any atom is -0.353 e. The Balaban J connectivity index is 1.49. The molecule has 1 heterocycles.